The molecule has 96 valence electrons. The fraction of sp³-hybridized carbons (Fsp3) is 0.818. The zero-order valence-electron chi connectivity index (χ0n) is 10.4. The van der Waals surface area contributed by atoms with E-state index in [1.54, 1.807) is 0 Å². The van der Waals surface area contributed by atoms with Gasteiger partial charge in [0.1, 0.15) is 0 Å². The van der Waals surface area contributed by atoms with Crippen molar-refractivity contribution in [2.75, 3.05) is 25.6 Å². The molecule has 1 unspecified atom stereocenters. The van der Waals surface area contributed by atoms with E-state index in [2.05, 4.69) is 27.8 Å². The minimum absolute atomic E-state index is 0.335. The van der Waals surface area contributed by atoms with Gasteiger partial charge in [0.2, 0.25) is 5.89 Å². The van der Waals surface area contributed by atoms with E-state index in [0.717, 1.165) is 26.1 Å². The number of nitrogens with zero attached hydrogens (tertiary/aromatic N) is 2. The van der Waals surface area contributed by atoms with Gasteiger partial charge in [0.05, 0.1) is 6.54 Å². The summed E-state index contributed by atoms with van der Waals surface area (Å²) in [6.45, 7) is 4.45. The van der Waals surface area contributed by atoms with Crippen LogP contribution in [0.4, 0.5) is 6.01 Å². The van der Waals surface area contributed by atoms with Crippen molar-refractivity contribution in [3.8, 4) is 0 Å². The summed E-state index contributed by atoms with van der Waals surface area (Å²) in [4.78, 5) is 0. The number of ether oxygens (including phenoxy) is 1. The van der Waals surface area contributed by atoms with Crippen LogP contribution < -0.4 is 10.6 Å². The molecular formula is C11H20N4O2. The molecular weight excluding hydrogens is 220 g/mol. The highest BCUT2D eigenvalue weighted by atomic mass is 16.5. The van der Waals surface area contributed by atoms with E-state index in [1.165, 1.54) is 0 Å². The molecule has 2 heterocycles. The highest BCUT2D eigenvalue weighted by Crippen LogP contribution is 2.21. The molecule has 1 aromatic heterocycles. The lowest BCUT2D eigenvalue weighted by Crippen LogP contribution is -2.31. The van der Waals surface area contributed by atoms with E-state index < -0.39 is 0 Å². The van der Waals surface area contributed by atoms with Gasteiger partial charge in [0.15, 0.2) is 0 Å². The van der Waals surface area contributed by atoms with Crippen LogP contribution in [0.2, 0.25) is 0 Å². The quantitative estimate of drug-likeness (QED) is 0.800. The van der Waals surface area contributed by atoms with Crippen LogP contribution >= 0.6 is 0 Å². The molecule has 6 nitrogen and oxygen atoms in total. The molecule has 0 bridgehead atoms. The molecule has 0 radical (unpaired) electrons. The zero-order chi connectivity index (χ0) is 12.1. The van der Waals surface area contributed by atoms with Crippen molar-refractivity contribution in [2.24, 2.45) is 5.92 Å². The normalized spacial score (nSPS) is 19.2. The lowest BCUT2D eigenvalue weighted by molar-refractivity contribution is 0.0620. The van der Waals surface area contributed by atoms with Gasteiger partial charge in [0.25, 0.3) is 0 Å². The first-order valence-corrected chi connectivity index (χ1v) is 6.11. The highest BCUT2D eigenvalue weighted by Gasteiger charge is 2.21. The van der Waals surface area contributed by atoms with Gasteiger partial charge in [-0.3, -0.25) is 0 Å². The predicted octanol–water partition coefficient (Wildman–Crippen LogP) is 1.02. The number of hydrogen-bond donors (Lipinski definition) is 2. The Morgan fingerprint density at radius 1 is 1.35 bits per heavy atom. The molecule has 0 saturated carbocycles. The molecule has 2 N–H and O–H groups in total. The van der Waals surface area contributed by atoms with Crippen molar-refractivity contribution in [3.63, 3.8) is 0 Å². The van der Waals surface area contributed by atoms with Crippen LogP contribution in [-0.2, 0) is 11.3 Å². The van der Waals surface area contributed by atoms with E-state index >= 15 is 0 Å². The monoisotopic (exact) mass is 240 g/mol. The molecule has 1 aliphatic rings. The first-order chi connectivity index (χ1) is 8.29. The lowest BCUT2D eigenvalue weighted by atomic mass is 9.93. The standard InChI is InChI=1S/C11H20N4O2/c1-8(9-3-5-16-6-4-9)13-11-15-14-10(17-11)7-12-2/h8-9,12H,3-7H2,1-2H3,(H,13,15). The molecule has 0 aliphatic carbocycles. The Kier molecular flexibility index (Phi) is 4.33. The van der Waals surface area contributed by atoms with E-state index in [1.807, 2.05) is 7.05 Å². The number of hydrogen-bond acceptors (Lipinski definition) is 6. The maximum atomic E-state index is 5.46. The molecule has 17 heavy (non-hydrogen) atoms. The molecule has 1 aromatic rings. The molecule has 6 heteroatoms. The van der Waals surface area contributed by atoms with E-state index in [9.17, 15) is 0 Å². The summed E-state index contributed by atoms with van der Waals surface area (Å²) < 4.78 is 10.8. The molecule has 2 rings (SSSR count). The first kappa shape index (κ1) is 12.3. The second-order valence-corrected chi connectivity index (χ2v) is 4.41. The SMILES string of the molecule is CNCc1nnc(NC(C)C2CCOCC2)o1. The van der Waals surface area contributed by atoms with Crippen LogP contribution in [-0.4, -0.2) is 36.5 Å². The third-order valence-electron chi connectivity index (χ3n) is 3.12. The van der Waals surface area contributed by atoms with Crippen molar-refractivity contribution in [2.45, 2.75) is 32.4 Å². The van der Waals surface area contributed by atoms with E-state index in [4.69, 9.17) is 9.15 Å². The Labute approximate surface area is 101 Å². The van der Waals surface area contributed by atoms with Crippen molar-refractivity contribution in [1.29, 1.82) is 0 Å². The molecule has 0 aromatic carbocycles. The largest absolute Gasteiger partial charge is 0.407 e. The smallest absolute Gasteiger partial charge is 0.315 e. The van der Waals surface area contributed by atoms with Crippen molar-refractivity contribution >= 4 is 6.01 Å². The maximum Gasteiger partial charge on any atom is 0.315 e. The third-order valence-corrected chi connectivity index (χ3v) is 3.12. The Morgan fingerprint density at radius 2 is 2.12 bits per heavy atom. The Morgan fingerprint density at radius 3 is 2.82 bits per heavy atom. The summed E-state index contributed by atoms with van der Waals surface area (Å²) in [6, 6.07) is 0.844. The van der Waals surface area contributed by atoms with E-state index in [0.29, 0.717) is 30.4 Å². The lowest BCUT2D eigenvalue weighted by Gasteiger charge is -2.27. The molecule has 0 spiro atoms. The Bertz CT molecular complexity index is 336. The summed E-state index contributed by atoms with van der Waals surface area (Å²) in [6.07, 6.45) is 2.18. The summed E-state index contributed by atoms with van der Waals surface area (Å²) in [5.41, 5.74) is 0. The highest BCUT2D eigenvalue weighted by molar-refractivity contribution is 5.19. The van der Waals surface area contributed by atoms with Crippen LogP contribution in [0.1, 0.15) is 25.7 Å². The average Bonchev–Trinajstić information content (AvgIpc) is 2.78. The average molecular weight is 240 g/mol. The van der Waals surface area contributed by atoms with Gasteiger partial charge in [-0.05, 0) is 32.7 Å². The summed E-state index contributed by atoms with van der Waals surface area (Å²) in [7, 11) is 1.85. The van der Waals surface area contributed by atoms with Gasteiger partial charge < -0.3 is 19.8 Å². The van der Waals surface area contributed by atoms with Crippen LogP contribution in [0.3, 0.4) is 0 Å². The Balaban J connectivity index is 1.85. The summed E-state index contributed by atoms with van der Waals surface area (Å²) in [5.74, 6) is 1.22. The number of rotatable bonds is 5. The molecule has 1 saturated heterocycles. The van der Waals surface area contributed by atoms with Gasteiger partial charge >= 0.3 is 6.01 Å². The zero-order valence-corrected chi connectivity index (χ0v) is 10.4. The first-order valence-electron chi connectivity index (χ1n) is 6.11. The van der Waals surface area contributed by atoms with Crippen molar-refractivity contribution < 1.29 is 9.15 Å². The van der Waals surface area contributed by atoms with Gasteiger partial charge in [-0.15, -0.1) is 5.10 Å². The van der Waals surface area contributed by atoms with Gasteiger partial charge in [-0.1, -0.05) is 5.10 Å². The predicted molar refractivity (Wildman–Crippen MR) is 63.7 cm³/mol. The number of anilines is 1. The molecule has 1 atom stereocenters. The van der Waals surface area contributed by atoms with Crippen LogP contribution in [0.15, 0.2) is 4.42 Å². The van der Waals surface area contributed by atoms with Gasteiger partial charge in [-0.2, -0.15) is 0 Å². The summed E-state index contributed by atoms with van der Waals surface area (Å²) >= 11 is 0. The molecule has 1 aliphatic heterocycles. The molecule has 0 amide bonds. The van der Waals surface area contributed by atoms with Crippen molar-refractivity contribution in [3.05, 3.63) is 5.89 Å². The number of aromatic nitrogens is 2. The summed E-state index contributed by atoms with van der Waals surface area (Å²) in [5, 5.41) is 14.1. The van der Waals surface area contributed by atoms with Gasteiger partial charge in [-0.25, -0.2) is 0 Å². The maximum absolute atomic E-state index is 5.46. The second kappa shape index (κ2) is 5.97. The van der Waals surface area contributed by atoms with Crippen LogP contribution in [0.25, 0.3) is 0 Å². The van der Waals surface area contributed by atoms with Crippen molar-refractivity contribution in [1.82, 2.24) is 15.5 Å². The fourth-order valence-electron chi connectivity index (χ4n) is 2.06. The van der Waals surface area contributed by atoms with Gasteiger partial charge in [0, 0.05) is 19.3 Å². The molecule has 1 fully saturated rings. The minimum atomic E-state index is 0.335. The van der Waals surface area contributed by atoms with Crippen LogP contribution in [0, 0.1) is 5.92 Å². The Hall–Kier alpha value is -1.14. The second-order valence-electron chi connectivity index (χ2n) is 4.41. The van der Waals surface area contributed by atoms with E-state index in [-0.39, 0.29) is 0 Å². The minimum Gasteiger partial charge on any atom is -0.407 e. The van der Waals surface area contributed by atoms with Crippen LogP contribution in [0.5, 0.6) is 0 Å². The number of nitrogens with one attached hydrogen (secondary N) is 2. The third kappa shape index (κ3) is 3.41. The topological polar surface area (TPSA) is 72.2 Å². The fourth-order valence-corrected chi connectivity index (χ4v) is 2.06.